The fourth-order valence-electron chi connectivity index (χ4n) is 3.86. The maximum absolute atomic E-state index is 2.45. The summed E-state index contributed by atoms with van der Waals surface area (Å²) in [5.74, 6) is 4.14. The molecule has 0 N–H and O–H groups in total. The molecule has 0 aromatic rings. The van der Waals surface area contributed by atoms with Crippen molar-refractivity contribution >= 4 is 0 Å². The van der Waals surface area contributed by atoms with E-state index in [0.29, 0.717) is 0 Å². The predicted molar refractivity (Wildman–Crippen MR) is 71.4 cm³/mol. The fraction of sp³-hybridized carbons (Fsp3) is 1.00. The third-order valence-electron chi connectivity index (χ3n) is 5.88. The minimum atomic E-state index is 0.911. The van der Waals surface area contributed by atoms with E-state index in [1.54, 1.807) is 12.8 Å². The lowest BCUT2D eigenvalue weighted by molar-refractivity contribution is 0.339. The molecule has 1 spiro atoms. The van der Waals surface area contributed by atoms with Crippen LogP contribution in [0.25, 0.3) is 0 Å². The summed E-state index contributed by atoms with van der Waals surface area (Å²) in [7, 11) is 0. The Morgan fingerprint density at radius 3 is 2.31 bits per heavy atom. The Balaban J connectivity index is 1.57. The summed E-state index contributed by atoms with van der Waals surface area (Å²) < 4.78 is 0. The third-order valence-corrected chi connectivity index (χ3v) is 5.88. The topological polar surface area (TPSA) is 0 Å². The molecule has 2 aliphatic carbocycles. The van der Waals surface area contributed by atoms with Crippen molar-refractivity contribution in [3.05, 3.63) is 0 Å². The maximum Gasteiger partial charge on any atom is -0.0235 e. The van der Waals surface area contributed by atoms with E-state index in [2.05, 4.69) is 27.7 Å². The minimum Gasteiger partial charge on any atom is -0.0651 e. The van der Waals surface area contributed by atoms with Gasteiger partial charge in [0.25, 0.3) is 0 Å². The lowest BCUT2D eigenvalue weighted by Crippen LogP contribution is -2.06. The minimum absolute atomic E-state index is 0.911. The van der Waals surface area contributed by atoms with Crippen molar-refractivity contribution in [2.45, 2.75) is 72.6 Å². The molecule has 0 saturated heterocycles. The molecule has 0 nitrogen and oxygen atoms in total. The summed E-state index contributed by atoms with van der Waals surface area (Å²) in [6.45, 7) is 9.56. The molecule has 2 rings (SSSR count). The highest BCUT2D eigenvalue weighted by Crippen LogP contribution is 2.76. The smallest absolute Gasteiger partial charge is 0.0235 e. The molecule has 2 aliphatic rings. The van der Waals surface area contributed by atoms with Gasteiger partial charge in [0.15, 0.2) is 0 Å². The molecule has 16 heavy (non-hydrogen) atoms. The molecular weight excluding hydrogens is 192 g/mol. The molecule has 0 radical (unpaired) electrons. The maximum atomic E-state index is 2.45. The summed E-state index contributed by atoms with van der Waals surface area (Å²) in [4.78, 5) is 0. The Labute approximate surface area is 102 Å². The summed E-state index contributed by atoms with van der Waals surface area (Å²) in [6, 6.07) is 0. The average Bonchev–Trinajstić information content (AvgIpc) is 3.17. The Morgan fingerprint density at radius 1 is 1.06 bits per heavy atom. The normalized spacial score (nSPS) is 39.8. The standard InChI is InChI=1S/C16H30/c1-5-12(3)13(4)8-7-9-15-11-16(15)10-14(16)6-2/h12-15H,5-11H2,1-4H3. The number of hydrogen-bond acceptors (Lipinski definition) is 0. The summed E-state index contributed by atoms with van der Waals surface area (Å²) in [5, 5.41) is 0. The average molecular weight is 222 g/mol. The molecule has 0 aliphatic heterocycles. The van der Waals surface area contributed by atoms with Gasteiger partial charge in [-0.1, -0.05) is 53.4 Å². The molecule has 5 unspecified atom stereocenters. The van der Waals surface area contributed by atoms with Crippen molar-refractivity contribution in [2.75, 3.05) is 0 Å². The zero-order valence-corrected chi connectivity index (χ0v) is 11.8. The van der Waals surface area contributed by atoms with Crippen LogP contribution in [0.2, 0.25) is 0 Å². The van der Waals surface area contributed by atoms with Crippen molar-refractivity contribution in [1.82, 2.24) is 0 Å². The van der Waals surface area contributed by atoms with Crippen LogP contribution in [0, 0.1) is 29.1 Å². The third kappa shape index (κ3) is 2.31. The molecular formula is C16H30. The van der Waals surface area contributed by atoms with Crippen molar-refractivity contribution in [2.24, 2.45) is 29.1 Å². The second-order valence-corrected chi connectivity index (χ2v) is 6.74. The van der Waals surface area contributed by atoms with Crippen LogP contribution in [-0.4, -0.2) is 0 Å². The molecule has 2 fully saturated rings. The first-order valence-corrected chi connectivity index (χ1v) is 7.64. The molecule has 0 bridgehead atoms. The zero-order valence-electron chi connectivity index (χ0n) is 11.8. The van der Waals surface area contributed by atoms with Gasteiger partial charge in [0, 0.05) is 0 Å². The molecule has 2 saturated carbocycles. The molecule has 94 valence electrons. The number of rotatable bonds is 7. The van der Waals surface area contributed by atoms with Gasteiger partial charge < -0.3 is 0 Å². The molecule has 0 heterocycles. The molecule has 5 atom stereocenters. The Morgan fingerprint density at radius 2 is 1.75 bits per heavy atom. The van der Waals surface area contributed by atoms with E-state index in [0.717, 1.165) is 29.1 Å². The van der Waals surface area contributed by atoms with Crippen LogP contribution in [0.5, 0.6) is 0 Å². The van der Waals surface area contributed by atoms with E-state index >= 15 is 0 Å². The lowest BCUT2D eigenvalue weighted by atomic mass is 9.89. The molecule has 0 amide bonds. The highest BCUT2D eigenvalue weighted by molar-refractivity contribution is 5.17. The van der Waals surface area contributed by atoms with Crippen LogP contribution >= 0.6 is 0 Å². The van der Waals surface area contributed by atoms with E-state index < -0.39 is 0 Å². The first-order chi connectivity index (χ1) is 7.64. The van der Waals surface area contributed by atoms with Crippen molar-refractivity contribution in [3.8, 4) is 0 Å². The van der Waals surface area contributed by atoms with Crippen LogP contribution in [0.15, 0.2) is 0 Å². The van der Waals surface area contributed by atoms with E-state index in [-0.39, 0.29) is 0 Å². The first-order valence-electron chi connectivity index (χ1n) is 7.64. The lowest BCUT2D eigenvalue weighted by Gasteiger charge is -2.17. The highest BCUT2D eigenvalue weighted by atomic mass is 14.7. The molecule has 0 aromatic heterocycles. The Bertz CT molecular complexity index is 232. The van der Waals surface area contributed by atoms with Gasteiger partial charge in [-0.25, -0.2) is 0 Å². The highest BCUT2D eigenvalue weighted by Gasteiger charge is 2.68. The first kappa shape index (κ1) is 12.5. The van der Waals surface area contributed by atoms with E-state index in [4.69, 9.17) is 0 Å². The van der Waals surface area contributed by atoms with Crippen molar-refractivity contribution < 1.29 is 0 Å². The van der Waals surface area contributed by atoms with Gasteiger partial charge in [0.05, 0.1) is 0 Å². The largest absolute Gasteiger partial charge is 0.0651 e. The van der Waals surface area contributed by atoms with Gasteiger partial charge in [0.2, 0.25) is 0 Å². The van der Waals surface area contributed by atoms with Crippen LogP contribution < -0.4 is 0 Å². The van der Waals surface area contributed by atoms with Gasteiger partial charge in [-0.05, 0) is 48.3 Å². The predicted octanol–water partition coefficient (Wildman–Crippen LogP) is 5.28. The van der Waals surface area contributed by atoms with Crippen LogP contribution in [0.1, 0.15) is 72.6 Å². The van der Waals surface area contributed by atoms with Crippen LogP contribution in [0.3, 0.4) is 0 Å². The quantitative estimate of drug-likeness (QED) is 0.550. The fourth-order valence-corrected chi connectivity index (χ4v) is 3.86. The second-order valence-electron chi connectivity index (χ2n) is 6.74. The van der Waals surface area contributed by atoms with Gasteiger partial charge >= 0.3 is 0 Å². The molecule has 0 heteroatoms. The van der Waals surface area contributed by atoms with Gasteiger partial charge in [0.1, 0.15) is 0 Å². The van der Waals surface area contributed by atoms with Gasteiger partial charge in [-0.3, -0.25) is 0 Å². The van der Waals surface area contributed by atoms with E-state index in [1.807, 2.05) is 0 Å². The van der Waals surface area contributed by atoms with Gasteiger partial charge in [-0.15, -0.1) is 0 Å². The SMILES string of the molecule is CCC(C)C(C)CCCC1CC12CC2CC. The van der Waals surface area contributed by atoms with Crippen molar-refractivity contribution in [3.63, 3.8) is 0 Å². The Hall–Kier alpha value is 0. The second kappa shape index (κ2) is 4.70. The molecule has 0 aromatic carbocycles. The van der Waals surface area contributed by atoms with E-state index in [9.17, 15) is 0 Å². The zero-order chi connectivity index (χ0) is 11.8. The van der Waals surface area contributed by atoms with Crippen LogP contribution in [-0.2, 0) is 0 Å². The monoisotopic (exact) mass is 222 g/mol. The summed E-state index contributed by atoms with van der Waals surface area (Å²) >= 11 is 0. The Kier molecular flexibility index (Phi) is 3.66. The summed E-state index contributed by atoms with van der Waals surface area (Å²) in [6.07, 6.45) is 10.5. The number of hydrogen-bond donors (Lipinski definition) is 0. The van der Waals surface area contributed by atoms with Crippen LogP contribution in [0.4, 0.5) is 0 Å². The van der Waals surface area contributed by atoms with Crippen molar-refractivity contribution in [1.29, 1.82) is 0 Å². The van der Waals surface area contributed by atoms with Gasteiger partial charge in [-0.2, -0.15) is 0 Å². The van der Waals surface area contributed by atoms with E-state index in [1.165, 1.54) is 32.1 Å². The summed E-state index contributed by atoms with van der Waals surface area (Å²) in [5.41, 5.74) is 0.911.